The Labute approximate surface area is 202 Å². The van der Waals surface area contributed by atoms with Crippen LogP contribution in [0.3, 0.4) is 0 Å². The number of fused-ring (bicyclic) bond motifs is 2. The molecule has 2 bridgehead atoms. The lowest BCUT2D eigenvalue weighted by Gasteiger charge is -2.59. The summed E-state index contributed by atoms with van der Waals surface area (Å²) < 4.78 is 5.62. The largest absolute Gasteiger partial charge is 0.508 e. The standard InChI is InChI=1S/C28H38O6/c1-6-7-8-9-12-27(2,3)17-13-22(30)26(23(14-17)34-25(33)11-10-24(31)32)18-15-21(29)20-16-19(18)28(20,4)5/h10-11,13-14,18-20,30H,6-9,12,15-16H2,1-5H3,(H,31,32)/t18?,19-,20+/m0/s1. The summed E-state index contributed by atoms with van der Waals surface area (Å²) in [6, 6.07) is 3.55. The fourth-order valence-corrected chi connectivity index (χ4v) is 5.87. The Morgan fingerprint density at radius 2 is 1.88 bits per heavy atom. The van der Waals surface area contributed by atoms with Gasteiger partial charge >= 0.3 is 11.9 Å². The molecule has 0 heterocycles. The van der Waals surface area contributed by atoms with Gasteiger partial charge in [-0.25, -0.2) is 9.59 Å². The van der Waals surface area contributed by atoms with Crippen LogP contribution in [0, 0.1) is 17.3 Å². The van der Waals surface area contributed by atoms with E-state index in [2.05, 4.69) is 34.6 Å². The second-order valence-electron chi connectivity index (χ2n) is 11.2. The van der Waals surface area contributed by atoms with Crippen molar-refractivity contribution < 1.29 is 29.3 Å². The van der Waals surface area contributed by atoms with E-state index in [-0.39, 0.29) is 45.9 Å². The molecule has 0 saturated heterocycles. The molecule has 3 aliphatic carbocycles. The van der Waals surface area contributed by atoms with Crippen molar-refractivity contribution in [2.24, 2.45) is 17.3 Å². The lowest BCUT2D eigenvalue weighted by atomic mass is 9.44. The highest BCUT2D eigenvalue weighted by Crippen LogP contribution is 2.64. The number of hydrogen-bond donors (Lipinski definition) is 2. The lowest BCUT2D eigenvalue weighted by Crippen LogP contribution is -2.56. The summed E-state index contributed by atoms with van der Waals surface area (Å²) in [6.07, 6.45) is 8.09. The van der Waals surface area contributed by atoms with E-state index < -0.39 is 11.9 Å². The molecule has 1 aromatic rings. The van der Waals surface area contributed by atoms with Crippen LogP contribution in [0.4, 0.5) is 0 Å². The van der Waals surface area contributed by atoms with Gasteiger partial charge in [0.05, 0.1) is 0 Å². The fraction of sp³-hybridized carbons (Fsp3) is 0.607. The third-order valence-corrected chi connectivity index (χ3v) is 8.14. The van der Waals surface area contributed by atoms with E-state index in [9.17, 15) is 19.5 Å². The zero-order valence-electron chi connectivity index (χ0n) is 21.0. The summed E-state index contributed by atoms with van der Waals surface area (Å²) in [6.45, 7) is 10.5. The molecule has 1 unspecified atom stereocenters. The molecule has 3 fully saturated rings. The summed E-state index contributed by atoms with van der Waals surface area (Å²) in [7, 11) is 0. The predicted molar refractivity (Wildman–Crippen MR) is 130 cm³/mol. The van der Waals surface area contributed by atoms with Gasteiger partial charge in [0.2, 0.25) is 0 Å². The minimum absolute atomic E-state index is 0.0306. The van der Waals surface area contributed by atoms with Crippen LogP contribution in [-0.4, -0.2) is 27.9 Å². The molecule has 0 aliphatic heterocycles. The average Bonchev–Trinajstić information content (AvgIpc) is 2.74. The Balaban J connectivity index is 2.00. The number of rotatable bonds is 10. The maximum atomic E-state index is 12.8. The Morgan fingerprint density at radius 1 is 1.18 bits per heavy atom. The van der Waals surface area contributed by atoms with Crippen LogP contribution in [0.15, 0.2) is 24.3 Å². The molecule has 0 aromatic heterocycles. The molecule has 34 heavy (non-hydrogen) atoms. The Bertz CT molecular complexity index is 987. The van der Waals surface area contributed by atoms with Gasteiger partial charge in [-0.2, -0.15) is 0 Å². The van der Waals surface area contributed by atoms with Crippen LogP contribution in [0.25, 0.3) is 0 Å². The highest BCUT2D eigenvalue weighted by Gasteiger charge is 2.59. The van der Waals surface area contributed by atoms with Crippen molar-refractivity contribution in [3.8, 4) is 11.5 Å². The number of phenols is 1. The number of ether oxygens (including phenoxy) is 1. The quantitative estimate of drug-likeness (QED) is 0.191. The normalized spacial score (nSPS) is 23.6. The van der Waals surface area contributed by atoms with Gasteiger partial charge < -0.3 is 14.9 Å². The molecule has 2 N–H and O–H groups in total. The van der Waals surface area contributed by atoms with Gasteiger partial charge in [0.25, 0.3) is 0 Å². The van der Waals surface area contributed by atoms with Gasteiger partial charge in [-0.1, -0.05) is 60.3 Å². The van der Waals surface area contributed by atoms with E-state index in [1.165, 1.54) is 6.42 Å². The van der Waals surface area contributed by atoms with Gasteiger partial charge in [0.15, 0.2) is 0 Å². The molecule has 6 heteroatoms. The average molecular weight is 471 g/mol. The second-order valence-corrected chi connectivity index (χ2v) is 11.2. The summed E-state index contributed by atoms with van der Waals surface area (Å²) >= 11 is 0. The van der Waals surface area contributed by atoms with Crippen molar-refractivity contribution in [1.29, 1.82) is 0 Å². The van der Waals surface area contributed by atoms with Crippen molar-refractivity contribution in [1.82, 2.24) is 0 Å². The summed E-state index contributed by atoms with van der Waals surface area (Å²) in [5, 5.41) is 20.1. The van der Waals surface area contributed by atoms with Crippen LogP contribution in [0.5, 0.6) is 11.5 Å². The van der Waals surface area contributed by atoms with Gasteiger partial charge in [0.1, 0.15) is 17.3 Å². The van der Waals surface area contributed by atoms with Crippen molar-refractivity contribution >= 4 is 17.7 Å². The van der Waals surface area contributed by atoms with Crippen LogP contribution in [0.1, 0.15) is 96.6 Å². The van der Waals surface area contributed by atoms with E-state index in [4.69, 9.17) is 9.84 Å². The summed E-state index contributed by atoms with van der Waals surface area (Å²) in [4.78, 5) is 36.1. The number of carboxylic acid groups (broad SMARTS) is 1. The smallest absolute Gasteiger partial charge is 0.336 e. The maximum Gasteiger partial charge on any atom is 0.336 e. The first-order chi connectivity index (χ1) is 15.9. The molecule has 3 aliphatic rings. The number of Topliss-reactive ketones (excluding diaryl/α,β-unsaturated/α-hetero) is 1. The van der Waals surface area contributed by atoms with Crippen LogP contribution in [0.2, 0.25) is 0 Å². The third-order valence-electron chi connectivity index (χ3n) is 8.14. The number of carbonyl (C=O) groups is 3. The van der Waals surface area contributed by atoms with E-state index in [1.807, 2.05) is 0 Å². The minimum atomic E-state index is -1.25. The van der Waals surface area contributed by atoms with Crippen molar-refractivity contribution in [3.05, 3.63) is 35.4 Å². The molecule has 0 spiro atoms. The molecule has 6 nitrogen and oxygen atoms in total. The van der Waals surface area contributed by atoms with Gasteiger partial charge in [0, 0.05) is 36.0 Å². The number of aromatic hydroxyl groups is 1. The van der Waals surface area contributed by atoms with E-state index in [0.29, 0.717) is 12.0 Å². The predicted octanol–water partition coefficient (Wildman–Crippen LogP) is 5.91. The SMILES string of the molecule is CCCCCCC(C)(C)c1cc(O)c(C2CC(=O)[C@H]3C[C@@H]2C3(C)C)c(OC(=O)C=CC(=O)O)c1. The first kappa shape index (κ1) is 26.0. The molecule has 3 saturated carbocycles. The lowest BCUT2D eigenvalue weighted by molar-refractivity contribution is -0.151. The monoisotopic (exact) mass is 470 g/mol. The van der Waals surface area contributed by atoms with Gasteiger partial charge in [-0.15, -0.1) is 0 Å². The van der Waals surface area contributed by atoms with Crippen LogP contribution >= 0.6 is 0 Å². The first-order valence-corrected chi connectivity index (χ1v) is 12.4. The molecular formula is C28H38O6. The van der Waals surface area contributed by atoms with E-state index in [1.54, 1.807) is 12.1 Å². The first-order valence-electron chi connectivity index (χ1n) is 12.4. The molecule has 0 amide bonds. The number of ketones is 1. The number of carboxylic acids is 1. The Hall–Kier alpha value is -2.63. The maximum absolute atomic E-state index is 12.8. The fourth-order valence-electron chi connectivity index (χ4n) is 5.87. The Morgan fingerprint density at radius 3 is 2.47 bits per heavy atom. The minimum Gasteiger partial charge on any atom is -0.508 e. The van der Waals surface area contributed by atoms with E-state index >= 15 is 0 Å². The molecule has 186 valence electrons. The van der Waals surface area contributed by atoms with Crippen LogP contribution < -0.4 is 4.74 Å². The zero-order valence-corrected chi connectivity index (χ0v) is 21.0. The highest BCUT2D eigenvalue weighted by atomic mass is 16.5. The number of phenolic OH excluding ortho intramolecular Hbond substituents is 1. The van der Waals surface area contributed by atoms with Gasteiger partial charge in [-0.05, 0) is 47.3 Å². The molecular weight excluding hydrogens is 432 g/mol. The summed E-state index contributed by atoms with van der Waals surface area (Å²) in [5.74, 6) is -1.65. The van der Waals surface area contributed by atoms with Crippen molar-refractivity contribution in [2.75, 3.05) is 0 Å². The van der Waals surface area contributed by atoms with Crippen molar-refractivity contribution in [3.63, 3.8) is 0 Å². The number of hydrogen-bond acceptors (Lipinski definition) is 5. The number of benzene rings is 1. The molecule has 3 atom stereocenters. The molecule has 1 aromatic carbocycles. The van der Waals surface area contributed by atoms with Crippen LogP contribution in [-0.2, 0) is 19.8 Å². The number of carbonyl (C=O) groups excluding carboxylic acids is 2. The molecule has 0 radical (unpaired) electrons. The second kappa shape index (κ2) is 9.93. The number of aliphatic carboxylic acids is 1. The highest BCUT2D eigenvalue weighted by molar-refractivity contribution is 5.92. The molecule has 4 rings (SSSR count). The number of unbranched alkanes of at least 4 members (excludes halogenated alkanes) is 3. The van der Waals surface area contributed by atoms with Gasteiger partial charge in [-0.3, -0.25) is 4.79 Å². The third kappa shape index (κ3) is 5.21. The Kier molecular flexibility index (Phi) is 7.59. The summed E-state index contributed by atoms with van der Waals surface area (Å²) in [5.41, 5.74) is 0.898. The zero-order chi connectivity index (χ0) is 25.3. The van der Waals surface area contributed by atoms with E-state index in [0.717, 1.165) is 49.8 Å². The number of esters is 1. The topological polar surface area (TPSA) is 101 Å². The van der Waals surface area contributed by atoms with Crippen molar-refractivity contribution in [2.45, 2.75) is 90.9 Å².